The minimum absolute atomic E-state index is 0.204. The summed E-state index contributed by atoms with van der Waals surface area (Å²) < 4.78 is 0. The molecule has 6 heteroatoms. The zero-order chi connectivity index (χ0) is 16.8. The van der Waals surface area contributed by atoms with Crippen LogP contribution in [-0.2, 0) is 6.54 Å². The molecule has 2 aliphatic heterocycles. The Bertz CT molecular complexity index is 519. The van der Waals surface area contributed by atoms with Crippen molar-refractivity contribution in [2.45, 2.75) is 38.8 Å². The van der Waals surface area contributed by atoms with Crippen LogP contribution in [0.4, 0.5) is 0 Å². The van der Waals surface area contributed by atoms with Gasteiger partial charge in [0.2, 0.25) is 0 Å². The summed E-state index contributed by atoms with van der Waals surface area (Å²) in [5.74, 6) is 1.62. The number of aliphatic hydroxyl groups excluding tert-OH is 1. The lowest BCUT2D eigenvalue weighted by molar-refractivity contribution is 0.172. The van der Waals surface area contributed by atoms with Gasteiger partial charge in [0, 0.05) is 44.1 Å². The molecule has 1 aromatic heterocycles. The summed E-state index contributed by atoms with van der Waals surface area (Å²) in [5.41, 5.74) is 0. The molecular formula is C18H30N4OS. The number of nitrogens with one attached hydrogen (secondary N) is 1. The second kappa shape index (κ2) is 8.83. The number of nitrogens with zero attached hydrogens (tertiary/aromatic N) is 3. The molecule has 134 valence electrons. The van der Waals surface area contributed by atoms with Crippen LogP contribution in [0.1, 0.15) is 31.1 Å². The fourth-order valence-corrected chi connectivity index (χ4v) is 4.39. The number of piperidine rings is 1. The Morgan fingerprint density at radius 3 is 3.00 bits per heavy atom. The minimum atomic E-state index is -0.204. The highest BCUT2D eigenvalue weighted by atomic mass is 32.1. The van der Waals surface area contributed by atoms with Gasteiger partial charge in [0.1, 0.15) is 0 Å². The van der Waals surface area contributed by atoms with Gasteiger partial charge in [0.25, 0.3) is 0 Å². The van der Waals surface area contributed by atoms with E-state index in [0.29, 0.717) is 12.5 Å². The maximum absolute atomic E-state index is 9.76. The normalized spacial score (nSPS) is 26.1. The van der Waals surface area contributed by atoms with Gasteiger partial charge in [-0.05, 0) is 50.1 Å². The monoisotopic (exact) mass is 350 g/mol. The number of hydrogen-bond donors (Lipinski definition) is 2. The van der Waals surface area contributed by atoms with Gasteiger partial charge in [0.05, 0.1) is 6.10 Å². The summed E-state index contributed by atoms with van der Waals surface area (Å²) in [6, 6.07) is 4.37. The second-order valence-electron chi connectivity index (χ2n) is 6.91. The van der Waals surface area contributed by atoms with Crippen molar-refractivity contribution in [2.75, 3.05) is 39.3 Å². The highest BCUT2D eigenvalue weighted by Crippen LogP contribution is 2.21. The average molecular weight is 351 g/mol. The van der Waals surface area contributed by atoms with Crippen LogP contribution in [0.15, 0.2) is 22.5 Å². The van der Waals surface area contributed by atoms with E-state index < -0.39 is 0 Å². The topological polar surface area (TPSA) is 51.1 Å². The number of aliphatic hydroxyl groups is 1. The van der Waals surface area contributed by atoms with Crippen LogP contribution in [0.3, 0.4) is 0 Å². The van der Waals surface area contributed by atoms with Gasteiger partial charge in [0.15, 0.2) is 5.96 Å². The minimum Gasteiger partial charge on any atom is -0.391 e. The van der Waals surface area contributed by atoms with Crippen LogP contribution >= 0.6 is 11.3 Å². The lowest BCUT2D eigenvalue weighted by Crippen LogP contribution is -2.41. The summed E-state index contributed by atoms with van der Waals surface area (Å²) in [7, 11) is 0. The Kier molecular flexibility index (Phi) is 6.51. The highest BCUT2D eigenvalue weighted by molar-refractivity contribution is 7.09. The van der Waals surface area contributed by atoms with Gasteiger partial charge >= 0.3 is 0 Å². The average Bonchev–Trinajstić information content (AvgIpc) is 3.23. The first-order valence-electron chi connectivity index (χ1n) is 9.20. The van der Waals surface area contributed by atoms with E-state index in [1.54, 1.807) is 0 Å². The summed E-state index contributed by atoms with van der Waals surface area (Å²) in [4.78, 5) is 11.1. The van der Waals surface area contributed by atoms with Crippen molar-refractivity contribution in [3.63, 3.8) is 0 Å². The third-order valence-electron chi connectivity index (χ3n) is 4.86. The zero-order valence-corrected chi connectivity index (χ0v) is 15.5. The van der Waals surface area contributed by atoms with E-state index in [4.69, 9.17) is 4.99 Å². The molecule has 1 unspecified atom stereocenters. The third-order valence-corrected chi connectivity index (χ3v) is 5.72. The molecule has 5 nitrogen and oxygen atoms in total. The number of thiophene rings is 1. The van der Waals surface area contributed by atoms with E-state index in [-0.39, 0.29) is 6.10 Å². The van der Waals surface area contributed by atoms with Crippen molar-refractivity contribution in [2.24, 2.45) is 10.9 Å². The summed E-state index contributed by atoms with van der Waals surface area (Å²) in [6.45, 7) is 8.90. The van der Waals surface area contributed by atoms with Crippen LogP contribution in [0.5, 0.6) is 0 Å². The molecule has 0 aromatic carbocycles. The van der Waals surface area contributed by atoms with Crippen molar-refractivity contribution >= 4 is 17.3 Å². The number of rotatable bonds is 5. The van der Waals surface area contributed by atoms with Gasteiger partial charge < -0.3 is 15.3 Å². The predicted molar refractivity (Wildman–Crippen MR) is 100 cm³/mol. The first-order valence-corrected chi connectivity index (χ1v) is 10.1. The maximum Gasteiger partial charge on any atom is 0.194 e. The van der Waals surface area contributed by atoms with E-state index in [1.165, 1.54) is 24.3 Å². The third kappa shape index (κ3) is 4.94. The SMILES string of the molecule is CCNC(=NCC1CCCN(Cc2cccs2)C1)N1CC[C@@H](O)C1. The van der Waals surface area contributed by atoms with Crippen molar-refractivity contribution in [3.8, 4) is 0 Å². The molecule has 2 fully saturated rings. The van der Waals surface area contributed by atoms with Gasteiger partial charge in [-0.3, -0.25) is 9.89 Å². The number of aliphatic imine (C=N–C) groups is 1. The van der Waals surface area contributed by atoms with Crippen molar-refractivity contribution in [1.29, 1.82) is 0 Å². The van der Waals surface area contributed by atoms with E-state index in [2.05, 4.69) is 39.6 Å². The molecule has 2 atom stereocenters. The van der Waals surface area contributed by atoms with Crippen molar-refractivity contribution in [3.05, 3.63) is 22.4 Å². The number of hydrogen-bond acceptors (Lipinski definition) is 4. The van der Waals surface area contributed by atoms with Gasteiger partial charge in [-0.15, -0.1) is 11.3 Å². The molecule has 0 bridgehead atoms. The Balaban J connectivity index is 1.53. The lowest BCUT2D eigenvalue weighted by atomic mass is 9.98. The predicted octanol–water partition coefficient (Wildman–Crippen LogP) is 1.99. The van der Waals surface area contributed by atoms with E-state index in [0.717, 1.165) is 45.1 Å². The lowest BCUT2D eigenvalue weighted by Gasteiger charge is -2.32. The first kappa shape index (κ1) is 17.7. The van der Waals surface area contributed by atoms with Crippen molar-refractivity contribution in [1.82, 2.24) is 15.1 Å². The Hall–Kier alpha value is -1.11. The van der Waals surface area contributed by atoms with Crippen LogP contribution in [-0.4, -0.2) is 66.2 Å². The number of guanidine groups is 1. The fraction of sp³-hybridized carbons (Fsp3) is 0.722. The van der Waals surface area contributed by atoms with Crippen molar-refractivity contribution < 1.29 is 5.11 Å². The second-order valence-corrected chi connectivity index (χ2v) is 7.94. The van der Waals surface area contributed by atoms with E-state index in [1.807, 2.05) is 11.3 Å². The van der Waals surface area contributed by atoms with Crippen LogP contribution in [0.2, 0.25) is 0 Å². The highest BCUT2D eigenvalue weighted by Gasteiger charge is 2.24. The molecule has 3 heterocycles. The number of β-amino-alcohol motifs (C(OH)–C–C–N with tert-alkyl or cyclic N) is 1. The van der Waals surface area contributed by atoms with E-state index in [9.17, 15) is 5.11 Å². The molecule has 2 N–H and O–H groups in total. The number of likely N-dealkylation sites (tertiary alicyclic amines) is 2. The molecule has 0 saturated carbocycles. The largest absolute Gasteiger partial charge is 0.391 e. The summed E-state index contributed by atoms with van der Waals surface area (Å²) in [6.07, 6.45) is 3.18. The molecule has 3 rings (SSSR count). The van der Waals surface area contributed by atoms with E-state index >= 15 is 0 Å². The molecule has 2 aliphatic rings. The molecular weight excluding hydrogens is 320 g/mol. The van der Waals surface area contributed by atoms with Crippen LogP contribution in [0.25, 0.3) is 0 Å². The zero-order valence-electron chi connectivity index (χ0n) is 14.7. The molecule has 0 spiro atoms. The summed E-state index contributed by atoms with van der Waals surface area (Å²) >= 11 is 1.85. The van der Waals surface area contributed by atoms with Crippen LogP contribution in [0, 0.1) is 5.92 Å². The van der Waals surface area contributed by atoms with Gasteiger partial charge in [-0.2, -0.15) is 0 Å². The van der Waals surface area contributed by atoms with Gasteiger partial charge in [-0.25, -0.2) is 0 Å². The molecule has 0 aliphatic carbocycles. The molecule has 2 saturated heterocycles. The van der Waals surface area contributed by atoms with Gasteiger partial charge in [-0.1, -0.05) is 6.07 Å². The molecule has 24 heavy (non-hydrogen) atoms. The summed E-state index contributed by atoms with van der Waals surface area (Å²) in [5, 5.41) is 15.3. The fourth-order valence-electron chi connectivity index (χ4n) is 3.64. The molecule has 0 radical (unpaired) electrons. The maximum atomic E-state index is 9.76. The first-order chi connectivity index (χ1) is 11.7. The Morgan fingerprint density at radius 2 is 2.29 bits per heavy atom. The smallest absolute Gasteiger partial charge is 0.194 e. The molecule has 0 amide bonds. The Morgan fingerprint density at radius 1 is 1.38 bits per heavy atom. The Labute approximate surface area is 149 Å². The standard InChI is InChI=1S/C18H30N4OS/c1-2-19-18(22-9-7-16(23)13-22)20-11-15-5-3-8-21(12-15)14-17-6-4-10-24-17/h4,6,10,15-16,23H,2-3,5,7-9,11-14H2,1H3,(H,19,20)/t15?,16-/m1/s1. The molecule has 1 aromatic rings. The van der Waals surface area contributed by atoms with Crippen LogP contribution < -0.4 is 5.32 Å². The quantitative estimate of drug-likeness (QED) is 0.630.